The molecule has 19 heavy (non-hydrogen) atoms. The van der Waals surface area contributed by atoms with Gasteiger partial charge in [0, 0.05) is 6.20 Å². The number of alkyl halides is 3. The molecular formula is C11H10F3N3OS. The molecule has 1 amide bonds. The van der Waals surface area contributed by atoms with Crippen molar-refractivity contribution in [3.8, 4) is 0 Å². The van der Waals surface area contributed by atoms with Crippen molar-refractivity contribution in [2.24, 2.45) is 0 Å². The Bertz CT molecular complexity index is 582. The number of thioether (sulfide) groups is 1. The minimum Gasteiger partial charge on any atom is -0.346 e. The van der Waals surface area contributed by atoms with Gasteiger partial charge >= 0.3 is 6.18 Å². The van der Waals surface area contributed by atoms with E-state index >= 15 is 0 Å². The highest BCUT2D eigenvalue weighted by Gasteiger charge is 2.27. The van der Waals surface area contributed by atoms with Crippen molar-refractivity contribution in [2.45, 2.75) is 11.3 Å². The molecule has 0 radical (unpaired) electrons. The van der Waals surface area contributed by atoms with Gasteiger partial charge < -0.3 is 5.32 Å². The van der Waals surface area contributed by atoms with Crippen molar-refractivity contribution >= 4 is 23.2 Å². The molecule has 0 unspecified atom stereocenters. The Morgan fingerprint density at radius 3 is 2.95 bits per heavy atom. The van der Waals surface area contributed by atoms with E-state index in [1.165, 1.54) is 0 Å². The summed E-state index contributed by atoms with van der Waals surface area (Å²) >= 11 is 1.09. The van der Waals surface area contributed by atoms with Gasteiger partial charge in [-0.15, -0.1) is 0 Å². The van der Waals surface area contributed by atoms with Crippen molar-refractivity contribution in [3.63, 3.8) is 0 Å². The van der Waals surface area contributed by atoms with E-state index in [9.17, 15) is 18.0 Å². The quantitative estimate of drug-likeness (QED) is 0.877. The Balaban J connectivity index is 1.90. The number of hydrogen-bond donors (Lipinski definition) is 1. The second-order valence-corrected chi connectivity index (χ2v) is 4.66. The molecule has 0 bridgehead atoms. The average Bonchev–Trinajstić information content (AvgIpc) is 2.76. The van der Waals surface area contributed by atoms with Crippen LogP contribution in [0.4, 0.5) is 13.2 Å². The lowest BCUT2D eigenvalue weighted by Gasteiger charge is -2.07. The fourth-order valence-electron chi connectivity index (χ4n) is 1.41. The monoisotopic (exact) mass is 289 g/mol. The minimum absolute atomic E-state index is 0.107. The summed E-state index contributed by atoms with van der Waals surface area (Å²) in [6.07, 6.45) is -0.978. The number of amides is 1. The maximum atomic E-state index is 11.9. The molecule has 0 aliphatic carbocycles. The van der Waals surface area contributed by atoms with Gasteiger partial charge in [0.15, 0.2) is 5.16 Å². The molecule has 0 saturated carbocycles. The first-order valence-corrected chi connectivity index (χ1v) is 6.32. The Morgan fingerprint density at radius 2 is 2.21 bits per heavy atom. The molecule has 0 atom stereocenters. The molecule has 0 aliphatic heterocycles. The zero-order valence-corrected chi connectivity index (χ0v) is 10.5. The molecule has 2 heterocycles. The van der Waals surface area contributed by atoms with Crippen LogP contribution in [0, 0.1) is 0 Å². The number of fused-ring (bicyclic) bond motifs is 1. The lowest BCUT2D eigenvalue weighted by atomic mass is 10.4. The second kappa shape index (κ2) is 5.52. The van der Waals surface area contributed by atoms with Crippen molar-refractivity contribution in [2.75, 3.05) is 12.3 Å². The van der Waals surface area contributed by atoms with Gasteiger partial charge in [0.2, 0.25) is 5.91 Å². The molecule has 0 aromatic carbocycles. The van der Waals surface area contributed by atoms with Crippen LogP contribution in [0.5, 0.6) is 0 Å². The average molecular weight is 289 g/mol. The zero-order chi connectivity index (χ0) is 13.9. The third-order valence-electron chi connectivity index (χ3n) is 2.22. The van der Waals surface area contributed by atoms with E-state index in [2.05, 4.69) is 4.98 Å². The van der Waals surface area contributed by atoms with Gasteiger partial charge in [-0.2, -0.15) is 13.2 Å². The van der Waals surface area contributed by atoms with Crippen molar-refractivity contribution < 1.29 is 18.0 Å². The molecule has 8 heteroatoms. The first kappa shape index (κ1) is 13.7. The molecular weight excluding hydrogens is 279 g/mol. The molecule has 1 N–H and O–H groups in total. The summed E-state index contributed by atoms with van der Waals surface area (Å²) in [4.78, 5) is 15.4. The molecule has 2 aromatic heterocycles. The van der Waals surface area contributed by atoms with Crippen LogP contribution < -0.4 is 5.32 Å². The van der Waals surface area contributed by atoms with E-state index in [1.807, 2.05) is 23.5 Å². The van der Waals surface area contributed by atoms with E-state index in [0.29, 0.717) is 5.16 Å². The van der Waals surface area contributed by atoms with Crippen LogP contribution in [-0.2, 0) is 4.79 Å². The van der Waals surface area contributed by atoms with Gasteiger partial charge in [-0.3, -0.25) is 9.20 Å². The maximum Gasteiger partial charge on any atom is 0.405 e. The van der Waals surface area contributed by atoms with E-state index < -0.39 is 18.6 Å². The number of aromatic nitrogens is 2. The molecule has 0 saturated heterocycles. The van der Waals surface area contributed by atoms with Crippen LogP contribution in [-0.4, -0.2) is 33.8 Å². The standard InChI is InChI=1S/C11H10F3N3OS/c12-11(13,14)7-16-9(18)6-19-10-15-5-8-3-1-2-4-17(8)10/h1-5H,6-7H2,(H,16,18). The number of carbonyl (C=O) groups is 1. The molecule has 2 rings (SSSR count). The first-order chi connectivity index (χ1) is 8.96. The lowest BCUT2D eigenvalue weighted by Crippen LogP contribution is -2.34. The smallest absolute Gasteiger partial charge is 0.346 e. The number of imidazole rings is 1. The Hall–Kier alpha value is -1.70. The predicted octanol–water partition coefficient (Wildman–Crippen LogP) is 2.10. The third kappa shape index (κ3) is 3.88. The van der Waals surface area contributed by atoms with Crippen LogP contribution >= 0.6 is 11.8 Å². The lowest BCUT2D eigenvalue weighted by molar-refractivity contribution is -0.136. The molecule has 0 aliphatic rings. The first-order valence-electron chi connectivity index (χ1n) is 5.34. The summed E-state index contributed by atoms with van der Waals surface area (Å²) < 4.78 is 37.5. The SMILES string of the molecule is O=C(CSc1ncc2ccccn12)NCC(F)(F)F. The number of hydrogen-bond acceptors (Lipinski definition) is 3. The molecule has 102 valence electrons. The van der Waals surface area contributed by atoms with Gasteiger partial charge in [-0.25, -0.2) is 4.98 Å². The highest BCUT2D eigenvalue weighted by molar-refractivity contribution is 7.99. The number of nitrogens with one attached hydrogen (secondary N) is 1. The van der Waals surface area contributed by atoms with Gasteiger partial charge in [-0.1, -0.05) is 17.8 Å². The van der Waals surface area contributed by atoms with Crippen LogP contribution in [0.1, 0.15) is 0 Å². The zero-order valence-electron chi connectivity index (χ0n) is 9.65. The predicted molar refractivity (Wildman–Crippen MR) is 65.0 cm³/mol. The van der Waals surface area contributed by atoms with Crippen LogP contribution in [0.3, 0.4) is 0 Å². The Labute approximate surface area is 111 Å². The summed E-state index contributed by atoms with van der Waals surface area (Å²) in [5, 5.41) is 2.38. The number of nitrogens with zero attached hydrogens (tertiary/aromatic N) is 2. The number of rotatable bonds is 4. The third-order valence-corrected chi connectivity index (χ3v) is 3.19. The highest BCUT2D eigenvalue weighted by Crippen LogP contribution is 2.18. The van der Waals surface area contributed by atoms with Crippen molar-refractivity contribution in [1.29, 1.82) is 0 Å². The fraction of sp³-hybridized carbons (Fsp3) is 0.273. The van der Waals surface area contributed by atoms with E-state index in [1.54, 1.807) is 16.8 Å². The Kier molecular flexibility index (Phi) is 3.98. The second-order valence-electron chi connectivity index (χ2n) is 3.72. The molecule has 4 nitrogen and oxygen atoms in total. The molecule has 0 spiro atoms. The molecule has 2 aromatic rings. The summed E-state index contributed by atoms with van der Waals surface area (Å²) in [5.74, 6) is -0.778. The number of carbonyl (C=O) groups excluding carboxylic acids is 1. The fourth-order valence-corrected chi connectivity index (χ4v) is 2.20. The van der Waals surface area contributed by atoms with Crippen molar-refractivity contribution in [3.05, 3.63) is 30.6 Å². The normalized spacial score (nSPS) is 11.7. The Morgan fingerprint density at radius 1 is 1.42 bits per heavy atom. The number of pyridine rings is 1. The van der Waals surface area contributed by atoms with Crippen LogP contribution in [0.15, 0.2) is 35.7 Å². The van der Waals surface area contributed by atoms with Crippen LogP contribution in [0.25, 0.3) is 5.52 Å². The minimum atomic E-state index is -4.39. The topological polar surface area (TPSA) is 46.4 Å². The van der Waals surface area contributed by atoms with Gasteiger partial charge in [-0.05, 0) is 12.1 Å². The van der Waals surface area contributed by atoms with E-state index in [0.717, 1.165) is 17.3 Å². The van der Waals surface area contributed by atoms with Crippen LogP contribution in [0.2, 0.25) is 0 Å². The summed E-state index contributed by atoms with van der Waals surface area (Å²) in [6, 6.07) is 5.50. The molecule has 0 fully saturated rings. The maximum absolute atomic E-state index is 11.9. The summed E-state index contributed by atoms with van der Waals surface area (Å²) in [7, 11) is 0. The number of halogens is 3. The van der Waals surface area contributed by atoms with Gasteiger partial charge in [0.05, 0.1) is 17.5 Å². The summed E-state index contributed by atoms with van der Waals surface area (Å²) in [5.41, 5.74) is 0.862. The summed E-state index contributed by atoms with van der Waals surface area (Å²) in [6.45, 7) is -1.31. The van der Waals surface area contributed by atoms with Gasteiger partial charge in [0.1, 0.15) is 6.54 Å². The van der Waals surface area contributed by atoms with E-state index in [4.69, 9.17) is 0 Å². The van der Waals surface area contributed by atoms with E-state index in [-0.39, 0.29) is 5.75 Å². The van der Waals surface area contributed by atoms with Gasteiger partial charge in [0.25, 0.3) is 0 Å². The largest absolute Gasteiger partial charge is 0.405 e. The van der Waals surface area contributed by atoms with Crippen molar-refractivity contribution in [1.82, 2.24) is 14.7 Å². The highest BCUT2D eigenvalue weighted by atomic mass is 32.2.